The number of methoxy groups -OCH3 is 1. The van der Waals surface area contributed by atoms with Crippen molar-refractivity contribution in [3.05, 3.63) is 29.8 Å². The third kappa shape index (κ3) is 3.10. The molecule has 0 N–H and O–H groups in total. The molecule has 1 aliphatic carbocycles. The van der Waals surface area contributed by atoms with Crippen molar-refractivity contribution < 1.29 is 14.3 Å². The lowest BCUT2D eigenvalue weighted by molar-refractivity contribution is -0.128. The third-order valence-electron chi connectivity index (χ3n) is 3.72. The lowest BCUT2D eigenvalue weighted by atomic mass is 9.78. The first kappa shape index (κ1) is 14.4. The maximum atomic E-state index is 11.5. The highest BCUT2D eigenvalue weighted by Gasteiger charge is 2.38. The van der Waals surface area contributed by atoms with Crippen LogP contribution in [0, 0.1) is 0 Å². The van der Waals surface area contributed by atoms with Crippen LogP contribution in [-0.4, -0.2) is 25.4 Å². The summed E-state index contributed by atoms with van der Waals surface area (Å²) in [6, 6.07) is 7.85. The van der Waals surface area contributed by atoms with Gasteiger partial charge in [-0.3, -0.25) is 4.79 Å². The molecule has 0 aliphatic heterocycles. The quantitative estimate of drug-likeness (QED) is 0.778. The Labute approximate surface area is 118 Å². The number of benzene rings is 1. The van der Waals surface area contributed by atoms with E-state index in [-0.39, 0.29) is 0 Å². The number of hydrogen-bond donors (Lipinski definition) is 0. The Hall–Kier alpha value is -1.06. The van der Waals surface area contributed by atoms with Crippen molar-refractivity contribution in [1.82, 2.24) is 0 Å². The van der Waals surface area contributed by atoms with Crippen LogP contribution in [0.15, 0.2) is 24.3 Å². The van der Waals surface area contributed by atoms with E-state index in [1.54, 1.807) is 7.11 Å². The van der Waals surface area contributed by atoms with Gasteiger partial charge >= 0.3 is 0 Å². The predicted octanol–water partition coefficient (Wildman–Crippen LogP) is 3.29. The van der Waals surface area contributed by atoms with Gasteiger partial charge in [0.15, 0.2) is 0 Å². The molecular formula is C15H19ClO3. The Balaban J connectivity index is 2.29. The molecule has 1 saturated carbocycles. The molecule has 4 heteroatoms. The third-order valence-corrected chi connectivity index (χ3v) is 3.87. The SMILES string of the molecule is COC1(c2ccccc2OCCCl)CCC(=O)CC1. The molecule has 19 heavy (non-hydrogen) atoms. The average Bonchev–Trinajstić information content (AvgIpc) is 2.47. The van der Waals surface area contributed by atoms with E-state index in [4.69, 9.17) is 21.1 Å². The second-order valence-corrected chi connectivity index (χ2v) is 5.15. The van der Waals surface area contributed by atoms with Gasteiger partial charge in [-0.1, -0.05) is 18.2 Å². The molecule has 0 unspecified atom stereocenters. The summed E-state index contributed by atoms with van der Waals surface area (Å²) in [7, 11) is 1.70. The van der Waals surface area contributed by atoms with E-state index < -0.39 is 5.60 Å². The lowest BCUT2D eigenvalue weighted by Gasteiger charge is -2.36. The molecule has 0 spiro atoms. The fourth-order valence-corrected chi connectivity index (χ4v) is 2.71. The first-order valence-corrected chi connectivity index (χ1v) is 7.10. The van der Waals surface area contributed by atoms with Crippen molar-refractivity contribution in [2.45, 2.75) is 31.3 Å². The van der Waals surface area contributed by atoms with Crippen molar-refractivity contribution >= 4 is 17.4 Å². The summed E-state index contributed by atoms with van der Waals surface area (Å²) in [5.41, 5.74) is 0.617. The molecule has 0 aromatic heterocycles. The number of para-hydroxylation sites is 1. The minimum Gasteiger partial charge on any atom is -0.492 e. The maximum absolute atomic E-state index is 11.5. The first-order valence-electron chi connectivity index (χ1n) is 6.57. The van der Waals surface area contributed by atoms with Crippen LogP contribution in [-0.2, 0) is 15.1 Å². The molecule has 1 aromatic carbocycles. The number of carbonyl (C=O) groups is 1. The fourth-order valence-electron chi connectivity index (χ4n) is 2.63. The molecule has 1 aromatic rings. The van der Waals surface area contributed by atoms with Crippen LogP contribution < -0.4 is 4.74 Å². The van der Waals surface area contributed by atoms with Gasteiger partial charge in [0, 0.05) is 25.5 Å². The standard InChI is InChI=1S/C15H19ClO3/c1-18-15(8-6-12(17)7-9-15)13-4-2-3-5-14(13)19-11-10-16/h2-5H,6-11H2,1H3. The van der Waals surface area contributed by atoms with E-state index >= 15 is 0 Å². The summed E-state index contributed by atoms with van der Waals surface area (Å²) in [6.07, 6.45) is 2.56. The van der Waals surface area contributed by atoms with Gasteiger partial charge in [-0.05, 0) is 18.9 Å². The number of ketones is 1. The number of alkyl halides is 1. The molecular weight excluding hydrogens is 264 g/mol. The van der Waals surface area contributed by atoms with Crippen molar-refractivity contribution in [2.75, 3.05) is 19.6 Å². The van der Waals surface area contributed by atoms with Crippen LogP contribution in [0.2, 0.25) is 0 Å². The minimum atomic E-state index is -0.406. The molecule has 0 amide bonds. The van der Waals surface area contributed by atoms with Gasteiger partial charge in [-0.2, -0.15) is 0 Å². The van der Waals surface area contributed by atoms with E-state index in [2.05, 4.69) is 0 Å². The summed E-state index contributed by atoms with van der Waals surface area (Å²) in [4.78, 5) is 11.5. The molecule has 0 radical (unpaired) electrons. The number of hydrogen-bond acceptors (Lipinski definition) is 3. The van der Waals surface area contributed by atoms with Crippen molar-refractivity contribution in [2.24, 2.45) is 0 Å². The molecule has 1 fully saturated rings. The molecule has 3 nitrogen and oxygen atoms in total. The topological polar surface area (TPSA) is 35.5 Å². The van der Waals surface area contributed by atoms with Gasteiger partial charge in [0.1, 0.15) is 18.1 Å². The van der Waals surface area contributed by atoms with Crippen LogP contribution in [0.3, 0.4) is 0 Å². The Morgan fingerprint density at radius 2 is 1.95 bits per heavy atom. The van der Waals surface area contributed by atoms with E-state index in [0.29, 0.717) is 44.0 Å². The summed E-state index contributed by atoms with van der Waals surface area (Å²) in [5.74, 6) is 1.57. The highest BCUT2D eigenvalue weighted by Crippen LogP contribution is 2.42. The van der Waals surface area contributed by atoms with Crippen LogP contribution >= 0.6 is 11.6 Å². The Kier molecular flexibility index (Phi) is 4.83. The molecule has 1 aliphatic rings. The number of ether oxygens (including phenoxy) is 2. The number of rotatable bonds is 5. The van der Waals surface area contributed by atoms with Crippen LogP contribution in [0.4, 0.5) is 0 Å². The summed E-state index contributed by atoms with van der Waals surface area (Å²) in [6.45, 7) is 0.470. The van der Waals surface area contributed by atoms with Crippen LogP contribution in [0.25, 0.3) is 0 Å². The van der Waals surface area contributed by atoms with Crippen molar-refractivity contribution in [3.8, 4) is 5.75 Å². The molecule has 0 saturated heterocycles. The molecule has 104 valence electrons. The monoisotopic (exact) mass is 282 g/mol. The molecule has 0 bridgehead atoms. The van der Waals surface area contributed by atoms with Gasteiger partial charge < -0.3 is 9.47 Å². The van der Waals surface area contributed by atoms with Crippen molar-refractivity contribution in [3.63, 3.8) is 0 Å². The van der Waals surface area contributed by atoms with E-state index in [9.17, 15) is 4.79 Å². The molecule has 2 rings (SSSR count). The largest absolute Gasteiger partial charge is 0.492 e. The number of Topliss-reactive ketones (excluding diaryl/α,β-unsaturated/α-hetero) is 1. The predicted molar refractivity (Wildman–Crippen MR) is 74.8 cm³/mol. The van der Waals surface area contributed by atoms with E-state index in [1.807, 2.05) is 24.3 Å². The highest BCUT2D eigenvalue weighted by atomic mass is 35.5. The normalized spacial score (nSPS) is 18.3. The molecule has 0 heterocycles. The Bertz CT molecular complexity index is 435. The Morgan fingerprint density at radius 3 is 2.58 bits per heavy atom. The molecule has 0 atom stereocenters. The number of carbonyl (C=O) groups excluding carboxylic acids is 1. The van der Waals surface area contributed by atoms with Crippen LogP contribution in [0.1, 0.15) is 31.2 Å². The van der Waals surface area contributed by atoms with Gasteiger partial charge in [-0.25, -0.2) is 0 Å². The van der Waals surface area contributed by atoms with E-state index in [1.165, 1.54) is 0 Å². The van der Waals surface area contributed by atoms with Crippen molar-refractivity contribution in [1.29, 1.82) is 0 Å². The van der Waals surface area contributed by atoms with Gasteiger partial charge in [-0.15, -0.1) is 11.6 Å². The van der Waals surface area contributed by atoms with Gasteiger partial charge in [0.05, 0.1) is 11.5 Å². The fraction of sp³-hybridized carbons (Fsp3) is 0.533. The summed E-state index contributed by atoms with van der Waals surface area (Å²) < 4.78 is 11.5. The van der Waals surface area contributed by atoms with E-state index in [0.717, 1.165) is 11.3 Å². The van der Waals surface area contributed by atoms with Crippen LogP contribution in [0.5, 0.6) is 5.75 Å². The first-order chi connectivity index (χ1) is 9.22. The van der Waals surface area contributed by atoms with Gasteiger partial charge in [0.25, 0.3) is 0 Å². The zero-order chi connectivity index (χ0) is 13.7. The summed E-state index contributed by atoms with van der Waals surface area (Å²) >= 11 is 5.68. The minimum absolute atomic E-state index is 0.312. The maximum Gasteiger partial charge on any atom is 0.133 e. The number of halogens is 1. The van der Waals surface area contributed by atoms with Gasteiger partial charge in [0.2, 0.25) is 0 Å². The summed E-state index contributed by atoms with van der Waals surface area (Å²) in [5, 5.41) is 0. The second-order valence-electron chi connectivity index (χ2n) is 4.77. The second kappa shape index (κ2) is 6.40. The average molecular weight is 283 g/mol. The zero-order valence-electron chi connectivity index (χ0n) is 11.2. The smallest absolute Gasteiger partial charge is 0.133 e. The lowest BCUT2D eigenvalue weighted by Crippen LogP contribution is -2.34. The Morgan fingerprint density at radius 1 is 1.26 bits per heavy atom. The zero-order valence-corrected chi connectivity index (χ0v) is 11.9. The highest BCUT2D eigenvalue weighted by molar-refractivity contribution is 6.18.